The Kier molecular flexibility index (Phi) is 6.25. The molecule has 0 aliphatic rings. The number of hydrogen-bond donors (Lipinski definition) is 0. The Morgan fingerprint density at radius 1 is 1.42 bits per heavy atom. The third kappa shape index (κ3) is 4.83. The maximum absolute atomic E-state index is 4.24. The molecule has 0 aromatic rings. The molecule has 0 aromatic carbocycles. The molecule has 0 rings (SSSR count). The first kappa shape index (κ1) is 11.1. The van der Waals surface area contributed by atoms with E-state index in [0.29, 0.717) is 5.92 Å². The minimum atomic E-state index is 0.463. The van der Waals surface area contributed by atoms with Gasteiger partial charge in [0.05, 0.1) is 0 Å². The molecule has 0 atom stereocenters. The van der Waals surface area contributed by atoms with E-state index >= 15 is 0 Å². The van der Waals surface area contributed by atoms with Gasteiger partial charge in [-0.05, 0) is 25.8 Å². The third-order valence-electron chi connectivity index (χ3n) is 1.40. The van der Waals surface area contributed by atoms with Crippen molar-refractivity contribution in [1.82, 2.24) is 0 Å². The van der Waals surface area contributed by atoms with E-state index in [9.17, 15) is 0 Å². The van der Waals surface area contributed by atoms with Crippen LogP contribution in [0.15, 0.2) is 22.1 Å². The highest BCUT2D eigenvalue weighted by Crippen LogP contribution is 1.98. The highest BCUT2D eigenvalue weighted by molar-refractivity contribution is 6.00. The average Bonchev–Trinajstić information content (AvgIpc) is 2.03. The van der Waals surface area contributed by atoms with E-state index < -0.39 is 0 Å². The van der Waals surface area contributed by atoms with Crippen molar-refractivity contribution < 1.29 is 0 Å². The maximum atomic E-state index is 4.24. The van der Waals surface area contributed by atoms with Gasteiger partial charge in [0, 0.05) is 12.3 Å². The van der Waals surface area contributed by atoms with Crippen molar-refractivity contribution in [2.75, 3.05) is 6.54 Å². The molecule has 2 heteroatoms. The van der Waals surface area contributed by atoms with Crippen LogP contribution < -0.4 is 0 Å². The molecule has 0 heterocycles. The highest BCUT2D eigenvalue weighted by Gasteiger charge is 1.97. The SMILES string of the molecule is C/C=C/C(=N\C=N/CC)C(C)C. The minimum Gasteiger partial charge on any atom is -0.274 e. The van der Waals surface area contributed by atoms with Gasteiger partial charge in [0.15, 0.2) is 0 Å². The predicted molar refractivity (Wildman–Crippen MR) is 56.1 cm³/mol. The molecule has 12 heavy (non-hydrogen) atoms. The lowest BCUT2D eigenvalue weighted by Crippen LogP contribution is -2.03. The zero-order chi connectivity index (χ0) is 9.40. The lowest BCUT2D eigenvalue weighted by molar-refractivity contribution is 0.891. The van der Waals surface area contributed by atoms with E-state index in [1.54, 1.807) is 6.34 Å². The van der Waals surface area contributed by atoms with Gasteiger partial charge in [-0.2, -0.15) is 0 Å². The van der Waals surface area contributed by atoms with Crippen LogP contribution in [0.1, 0.15) is 27.7 Å². The van der Waals surface area contributed by atoms with E-state index in [1.807, 2.05) is 26.0 Å². The molecule has 68 valence electrons. The zero-order valence-electron chi connectivity index (χ0n) is 8.41. The van der Waals surface area contributed by atoms with Crippen LogP contribution in [0.25, 0.3) is 0 Å². The first-order chi connectivity index (χ1) is 5.72. The van der Waals surface area contributed by atoms with E-state index in [4.69, 9.17) is 0 Å². The molecule has 0 N–H and O–H groups in total. The predicted octanol–water partition coefficient (Wildman–Crippen LogP) is 2.71. The van der Waals surface area contributed by atoms with E-state index in [-0.39, 0.29) is 0 Å². The van der Waals surface area contributed by atoms with Gasteiger partial charge in [0.2, 0.25) is 0 Å². The van der Waals surface area contributed by atoms with Crippen molar-refractivity contribution in [2.45, 2.75) is 27.7 Å². The number of aliphatic imine (C=N–C) groups is 2. The molecule has 2 nitrogen and oxygen atoms in total. The molecule has 0 spiro atoms. The molecule has 0 saturated heterocycles. The summed E-state index contributed by atoms with van der Waals surface area (Å²) < 4.78 is 0. The maximum Gasteiger partial charge on any atom is 0.110 e. The lowest BCUT2D eigenvalue weighted by Gasteiger charge is -2.01. The van der Waals surface area contributed by atoms with Crippen molar-refractivity contribution in [3.63, 3.8) is 0 Å². The van der Waals surface area contributed by atoms with Gasteiger partial charge >= 0.3 is 0 Å². The third-order valence-corrected chi connectivity index (χ3v) is 1.40. The van der Waals surface area contributed by atoms with Crippen LogP contribution >= 0.6 is 0 Å². The standard InChI is InChI=1S/C10H18N2/c1-5-7-10(9(3)4)12-8-11-6-2/h5,7-9H,6H2,1-4H3/b7-5+,11-8-,12-10+. The summed E-state index contributed by atoms with van der Waals surface area (Å²) in [5, 5.41) is 0. The highest BCUT2D eigenvalue weighted by atomic mass is 14.9. The fourth-order valence-corrected chi connectivity index (χ4v) is 0.744. The number of rotatable bonds is 4. The Morgan fingerprint density at radius 2 is 2.08 bits per heavy atom. The van der Waals surface area contributed by atoms with Crippen molar-refractivity contribution in [1.29, 1.82) is 0 Å². The molecule has 0 aliphatic carbocycles. The second-order valence-corrected chi connectivity index (χ2v) is 2.82. The van der Waals surface area contributed by atoms with Crippen molar-refractivity contribution in [3.8, 4) is 0 Å². The molecule has 0 radical (unpaired) electrons. The zero-order valence-corrected chi connectivity index (χ0v) is 8.41. The second-order valence-electron chi connectivity index (χ2n) is 2.82. The van der Waals surface area contributed by atoms with Gasteiger partial charge in [-0.1, -0.05) is 19.9 Å². The van der Waals surface area contributed by atoms with Crippen LogP contribution in [0.3, 0.4) is 0 Å². The first-order valence-electron chi connectivity index (χ1n) is 4.41. The van der Waals surface area contributed by atoms with Crippen LogP contribution in [0.5, 0.6) is 0 Å². The monoisotopic (exact) mass is 166 g/mol. The minimum absolute atomic E-state index is 0.463. The number of hydrogen-bond acceptors (Lipinski definition) is 1. The second kappa shape index (κ2) is 6.77. The number of nitrogens with zero attached hydrogens (tertiary/aromatic N) is 2. The van der Waals surface area contributed by atoms with Gasteiger partial charge in [-0.25, -0.2) is 4.99 Å². The quantitative estimate of drug-likeness (QED) is 0.453. The van der Waals surface area contributed by atoms with Crippen molar-refractivity contribution >= 4 is 12.1 Å². The van der Waals surface area contributed by atoms with Crippen LogP contribution in [-0.4, -0.2) is 18.6 Å². The number of allylic oxidation sites excluding steroid dienone is 2. The molecule has 0 bridgehead atoms. The summed E-state index contributed by atoms with van der Waals surface area (Å²) in [6, 6.07) is 0. The van der Waals surface area contributed by atoms with E-state index in [1.165, 1.54) is 0 Å². The lowest BCUT2D eigenvalue weighted by atomic mass is 10.1. The van der Waals surface area contributed by atoms with Gasteiger partial charge in [0.25, 0.3) is 0 Å². The van der Waals surface area contributed by atoms with Crippen LogP contribution in [0.2, 0.25) is 0 Å². The Labute approximate surface area is 75.1 Å². The summed E-state index contributed by atoms with van der Waals surface area (Å²) in [5.74, 6) is 0.463. The van der Waals surface area contributed by atoms with Gasteiger partial charge in [0.1, 0.15) is 6.34 Å². The molecule has 0 aliphatic heterocycles. The molecule has 0 aromatic heterocycles. The van der Waals surface area contributed by atoms with E-state index in [2.05, 4.69) is 23.8 Å². The Bertz CT molecular complexity index is 188. The summed E-state index contributed by atoms with van der Waals surface area (Å²) in [6.45, 7) is 9.04. The summed E-state index contributed by atoms with van der Waals surface area (Å²) >= 11 is 0. The molecular weight excluding hydrogens is 148 g/mol. The average molecular weight is 166 g/mol. The Morgan fingerprint density at radius 3 is 2.50 bits per heavy atom. The first-order valence-corrected chi connectivity index (χ1v) is 4.41. The van der Waals surface area contributed by atoms with Crippen molar-refractivity contribution in [2.24, 2.45) is 15.9 Å². The Hall–Kier alpha value is -0.920. The van der Waals surface area contributed by atoms with Gasteiger partial charge in [-0.15, -0.1) is 0 Å². The largest absolute Gasteiger partial charge is 0.274 e. The summed E-state index contributed by atoms with van der Waals surface area (Å²) in [7, 11) is 0. The van der Waals surface area contributed by atoms with E-state index in [0.717, 1.165) is 12.3 Å². The fourth-order valence-electron chi connectivity index (χ4n) is 0.744. The molecule has 0 amide bonds. The smallest absolute Gasteiger partial charge is 0.110 e. The molecular formula is C10H18N2. The summed E-state index contributed by atoms with van der Waals surface area (Å²) in [5.41, 5.74) is 1.08. The summed E-state index contributed by atoms with van der Waals surface area (Å²) in [4.78, 5) is 8.27. The van der Waals surface area contributed by atoms with Crippen molar-refractivity contribution in [3.05, 3.63) is 12.2 Å². The van der Waals surface area contributed by atoms with Crippen LogP contribution in [0.4, 0.5) is 0 Å². The van der Waals surface area contributed by atoms with Crippen LogP contribution in [0, 0.1) is 5.92 Å². The molecule has 0 saturated carbocycles. The fraction of sp³-hybridized carbons (Fsp3) is 0.600. The topological polar surface area (TPSA) is 24.7 Å². The normalized spacial score (nSPS) is 13.9. The van der Waals surface area contributed by atoms with Crippen LogP contribution in [-0.2, 0) is 0 Å². The molecule has 0 fully saturated rings. The van der Waals surface area contributed by atoms with Gasteiger partial charge in [-0.3, -0.25) is 4.99 Å². The van der Waals surface area contributed by atoms with Gasteiger partial charge < -0.3 is 0 Å². The Balaban J connectivity index is 4.28. The molecule has 0 unspecified atom stereocenters. The summed E-state index contributed by atoms with van der Waals surface area (Å²) in [6.07, 6.45) is 5.65.